The summed E-state index contributed by atoms with van der Waals surface area (Å²) in [5, 5.41) is 18.4. The molecule has 0 radical (unpaired) electrons. The standard InChI is InChI=1S/C14H20O3/c1-10(2)11-5-7-12(8-6-11)14(17)13(16)4-3-9-15/h5-8,10,14-15,17H,3-4,9H2,1-2H3. The molecule has 0 bridgehead atoms. The van der Waals surface area contributed by atoms with Gasteiger partial charge in [-0.2, -0.15) is 0 Å². The maximum absolute atomic E-state index is 11.6. The lowest BCUT2D eigenvalue weighted by atomic mass is 9.97. The number of Topliss-reactive ketones (excluding diaryl/α,β-unsaturated/α-hetero) is 1. The van der Waals surface area contributed by atoms with Gasteiger partial charge in [0.2, 0.25) is 0 Å². The Hall–Kier alpha value is -1.19. The Kier molecular flexibility index (Phi) is 5.32. The number of carbonyl (C=O) groups is 1. The van der Waals surface area contributed by atoms with Crippen LogP contribution in [0.4, 0.5) is 0 Å². The number of hydrogen-bond acceptors (Lipinski definition) is 3. The molecule has 2 N–H and O–H groups in total. The monoisotopic (exact) mass is 236 g/mol. The first kappa shape index (κ1) is 13.9. The second-order valence-corrected chi connectivity index (χ2v) is 4.52. The van der Waals surface area contributed by atoms with E-state index in [1.807, 2.05) is 12.1 Å². The molecule has 17 heavy (non-hydrogen) atoms. The van der Waals surface area contributed by atoms with Gasteiger partial charge in [0.15, 0.2) is 5.78 Å². The Bertz CT molecular complexity index is 354. The van der Waals surface area contributed by atoms with E-state index < -0.39 is 6.10 Å². The summed E-state index contributed by atoms with van der Waals surface area (Å²) >= 11 is 0. The third-order valence-electron chi connectivity index (χ3n) is 2.81. The zero-order valence-corrected chi connectivity index (χ0v) is 10.4. The fraction of sp³-hybridized carbons (Fsp3) is 0.500. The van der Waals surface area contributed by atoms with Crippen LogP contribution in [0.5, 0.6) is 0 Å². The van der Waals surface area contributed by atoms with Crippen LogP contribution in [0, 0.1) is 0 Å². The zero-order chi connectivity index (χ0) is 12.8. The van der Waals surface area contributed by atoms with E-state index in [4.69, 9.17) is 5.11 Å². The zero-order valence-electron chi connectivity index (χ0n) is 10.4. The second-order valence-electron chi connectivity index (χ2n) is 4.52. The molecule has 0 saturated heterocycles. The molecular weight excluding hydrogens is 216 g/mol. The van der Waals surface area contributed by atoms with Crippen molar-refractivity contribution in [3.05, 3.63) is 35.4 Å². The van der Waals surface area contributed by atoms with Crippen molar-refractivity contribution in [1.29, 1.82) is 0 Å². The Morgan fingerprint density at radius 2 is 1.71 bits per heavy atom. The van der Waals surface area contributed by atoms with E-state index in [-0.39, 0.29) is 18.8 Å². The van der Waals surface area contributed by atoms with Gasteiger partial charge in [0.1, 0.15) is 6.10 Å². The molecule has 0 aromatic heterocycles. The molecule has 1 aromatic carbocycles. The van der Waals surface area contributed by atoms with Gasteiger partial charge in [-0.05, 0) is 23.5 Å². The van der Waals surface area contributed by atoms with Gasteiger partial charge in [-0.25, -0.2) is 0 Å². The first-order valence-electron chi connectivity index (χ1n) is 5.97. The topological polar surface area (TPSA) is 57.5 Å². The van der Waals surface area contributed by atoms with Crippen LogP contribution in [0.3, 0.4) is 0 Å². The summed E-state index contributed by atoms with van der Waals surface area (Å²) in [6, 6.07) is 7.44. The van der Waals surface area contributed by atoms with Crippen LogP contribution >= 0.6 is 0 Å². The van der Waals surface area contributed by atoms with Crippen molar-refractivity contribution >= 4 is 5.78 Å². The first-order chi connectivity index (χ1) is 8.06. The van der Waals surface area contributed by atoms with Crippen LogP contribution in [0.25, 0.3) is 0 Å². The second kappa shape index (κ2) is 6.52. The highest BCUT2D eigenvalue weighted by Crippen LogP contribution is 2.20. The van der Waals surface area contributed by atoms with Crippen molar-refractivity contribution in [2.75, 3.05) is 6.61 Å². The van der Waals surface area contributed by atoms with E-state index in [1.165, 1.54) is 5.56 Å². The Morgan fingerprint density at radius 1 is 1.18 bits per heavy atom. The molecule has 1 rings (SSSR count). The number of rotatable bonds is 6. The normalized spacial score (nSPS) is 12.8. The van der Waals surface area contributed by atoms with Gasteiger partial charge < -0.3 is 10.2 Å². The van der Waals surface area contributed by atoms with Crippen molar-refractivity contribution < 1.29 is 15.0 Å². The molecule has 0 saturated carbocycles. The number of hydrogen-bond donors (Lipinski definition) is 2. The van der Waals surface area contributed by atoms with Gasteiger partial charge >= 0.3 is 0 Å². The number of carbonyl (C=O) groups excluding carboxylic acids is 1. The Labute approximate surface area is 102 Å². The average Bonchev–Trinajstić information content (AvgIpc) is 2.35. The van der Waals surface area contributed by atoms with Crippen LogP contribution in [0.15, 0.2) is 24.3 Å². The molecule has 1 atom stereocenters. The minimum atomic E-state index is -1.07. The van der Waals surface area contributed by atoms with Gasteiger partial charge in [-0.15, -0.1) is 0 Å². The van der Waals surface area contributed by atoms with Crippen LogP contribution in [0.1, 0.15) is 49.8 Å². The van der Waals surface area contributed by atoms with Crippen molar-refractivity contribution in [3.8, 4) is 0 Å². The lowest BCUT2D eigenvalue weighted by molar-refractivity contribution is -0.127. The summed E-state index contributed by atoms with van der Waals surface area (Å²) in [6.45, 7) is 4.17. The van der Waals surface area contributed by atoms with E-state index in [9.17, 15) is 9.90 Å². The van der Waals surface area contributed by atoms with Crippen LogP contribution in [-0.2, 0) is 4.79 Å². The third-order valence-corrected chi connectivity index (χ3v) is 2.81. The number of ketones is 1. The van der Waals surface area contributed by atoms with Crippen molar-refractivity contribution in [2.24, 2.45) is 0 Å². The Morgan fingerprint density at radius 3 is 2.18 bits per heavy atom. The fourth-order valence-corrected chi connectivity index (χ4v) is 1.64. The summed E-state index contributed by atoms with van der Waals surface area (Å²) in [6.07, 6.45) is -0.452. The summed E-state index contributed by atoms with van der Waals surface area (Å²) in [5.41, 5.74) is 1.81. The van der Waals surface area contributed by atoms with E-state index in [2.05, 4.69) is 13.8 Å². The molecule has 0 aliphatic heterocycles. The lowest BCUT2D eigenvalue weighted by Gasteiger charge is -2.11. The van der Waals surface area contributed by atoms with Gasteiger partial charge in [0.25, 0.3) is 0 Å². The van der Waals surface area contributed by atoms with Crippen LogP contribution < -0.4 is 0 Å². The number of aliphatic hydroxyl groups excluding tert-OH is 2. The Balaban J connectivity index is 2.69. The highest BCUT2D eigenvalue weighted by molar-refractivity contribution is 5.84. The molecule has 3 heteroatoms. The SMILES string of the molecule is CC(C)c1ccc(C(O)C(=O)CCCO)cc1. The molecule has 0 spiro atoms. The maximum atomic E-state index is 11.6. The van der Waals surface area contributed by atoms with Gasteiger partial charge in [-0.1, -0.05) is 38.1 Å². The summed E-state index contributed by atoms with van der Waals surface area (Å²) in [5.74, 6) is 0.197. The van der Waals surface area contributed by atoms with E-state index in [0.717, 1.165) is 0 Å². The van der Waals surface area contributed by atoms with Crippen molar-refractivity contribution in [1.82, 2.24) is 0 Å². The predicted molar refractivity (Wildman–Crippen MR) is 66.8 cm³/mol. The predicted octanol–water partition coefficient (Wildman–Crippen LogP) is 2.19. The molecule has 1 aromatic rings. The van der Waals surface area contributed by atoms with Crippen LogP contribution in [-0.4, -0.2) is 22.6 Å². The molecule has 1 unspecified atom stereocenters. The fourth-order valence-electron chi connectivity index (χ4n) is 1.64. The molecular formula is C14H20O3. The molecule has 0 aliphatic rings. The van der Waals surface area contributed by atoms with E-state index >= 15 is 0 Å². The van der Waals surface area contributed by atoms with Crippen LogP contribution in [0.2, 0.25) is 0 Å². The van der Waals surface area contributed by atoms with Gasteiger partial charge in [0, 0.05) is 13.0 Å². The van der Waals surface area contributed by atoms with Crippen molar-refractivity contribution in [3.63, 3.8) is 0 Å². The quantitative estimate of drug-likeness (QED) is 0.796. The smallest absolute Gasteiger partial charge is 0.165 e. The number of aliphatic hydroxyl groups is 2. The summed E-state index contributed by atoms with van der Waals surface area (Å²) in [7, 11) is 0. The maximum Gasteiger partial charge on any atom is 0.165 e. The number of benzene rings is 1. The first-order valence-corrected chi connectivity index (χ1v) is 5.97. The van der Waals surface area contributed by atoms with Gasteiger partial charge in [-0.3, -0.25) is 4.79 Å². The minimum absolute atomic E-state index is 0.0231. The van der Waals surface area contributed by atoms with E-state index in [0.29, 0.717) is 17.9 Å². The third kappa shape index (κ3) is 3.95. The minimum Gasteiger partial charge on any atom is -0.396 e. The summed E-state index contributed by atoms with van der Waals surface area (Å²) in [4.78, 5) is 11.6. The molecule has 0 fully saturated rings. The highest BCUT2D eigenvalue weighted by Gasteiger charge is 2.16. The molecule has 3 nitrogen and oxygen atoms in total. The molecule has 0 amide bonds. The van der Waals surface area contributed by atoms with E-state index in [1.54, 1.807) is 12.1 Å². The highest BCUT2D eigenvalue weighted by atomic mass is 16.3. The average molecular weight is 236 g/mol. The van der Waals surface area contributed by atoms with Gasteiger partial charge in [0.05, 0.1) is 0 Å². The molecule has 94 valence electrons. The molecule has 0 heterocycles. The summed E-state index contributed by atoms with van der Waals surface area (Å²) < 4.78 is 0. The molecule has 0 aliphatic carbocycles. The largest absolute Gasteiger partial charge is 0.396 e. The van der Waals surface area contributed by atoms with Crippen molar-refractivity contribution in [2.45, 2.75) is 38.7 Å². The lowest BCUT2D eigenvalue weighted by Crippen LogP contribution is -2.12.